The van der Waals surface area contributed by atoms with Gasteiger partial charge in [0, 0.05) is 5.56 Å². The molecule has 7 nitrogen and oxygen atoms in total. The van der Waals surface area contributed by atoms with Gasteiger partial charge in [-0.05, 0) is 79.4 Å². The summed E-state index contributed by atoms with van der Waals surface area (Å²) in [7, 11) is -3.49. The van der Waals surface area contributed by atoms with Crippen molar-refractivity contribution in [2.45, 2.75) is 33.4 Å². The number of nitrogens with zero attached hydrogens (tertiary/aromatic N) is 1. The number of aryl methyl sites for hydroxylation is 2. The average molecular weight is 495 g/mol. The van der Waals surface area contributed by atoms with E-state index in [1.54, 1.807) is 24.3 Å². The molecule has 0 saturated carbocycles. The number of carbonyl (C=O) groups excluding carboxylic acids is 1. The van der Waals surface area contributed by atoms with Gasteiger partial charge in [-0.25, -0.2) is 8.42 Å². The van der Waals surface area contributed by atoms with Gasteiger partial charge in [-0.15, -0.1) is 0 Å². The summed E-state index contributed by atoms with van der Waals surface area (Å²) in [6.07, 6.45) is 1.20. The Morgan fingerprint density at radius 2 is 1.57 bits per heavy atom. The van der Waals surface area contributed by atoms with Gasteiger partial charge >= 0.3 is 0 Å². The van der Waals surface area contributed by atoms with Gasteiger partial charge in [0.15, 0.2) is 11.5 Å². The van der Waals surface area contributed by atoms with Gasteiger partial charge in [0.05, 0.1) is 24.5 Å². The molecule has 1 heterocycles. The first-order valence-corrected chi connectivity index (χ1v) is 13.3. The fourth-order valence-electron chi connectivity index (χ4n) is 4.11. The minimum Gasteiger partial charge on any atom is -0.486 e. The maximum absolute atomic E-state index is 12.8. The Labute approximate surface area is 206 Å². The molecule has 0 saturated heterocycles. The number of rotatable bonds is 7. The highest BCUT2D eigenvalue weighted by molar-refractivity contribution is 7.92. The van der Waals surface area contributed by atoms with Crippen LogP contribution in [0.2, 0.25) is 0 Å². The fourth-order valence-corrected chi connectivity index (χ4v) is 4.99. The average Bonchev–Trinajstić information content (AvgIpc) is 2.81. The van der Waals surface area contributed by atoms with Crippen LogP contribution in [-0.2, 0) is 16.6 Å². The number of ether oxygens (including phenoxy) is 2. The first-order chi connectivity index (χ1) is 16.6. The van der Waals surface area contributed by atoms with Crippen LogP contribution in [-0.4, -0.2) is 33.8 Å². The Bertz CT molecular complexity index is 1320. The highest BCUT2D eigenvalue weighted by Crippen LogP contribution is 2.32. The third-order valence-corrected chi connectivity index (χ3v) is 6.99. The maximum Gasteiger partial charge on any atom is 0.251 e. The van der Waals surface area contributed by atoms with Gasteiger partial charge in [0.2, 0.25) is 10.0 Å². The third-order valence-electron chi connectivity index (χ3n) is 5.85. The summed E-state index contributed by atoms with van der Waals surface area (Å²) in [6.45, 7) is 7.00. The van der Waals surface area contributed by atoms with E-state index < -0.39 is 10.0 Å². The summed E-state index contributed by atoms with van der Waals surface area (Å²) < 4.78 is 37.6. The molecule has 1 aliphatic rings. The molecule has 0 radical (unpaired) electrons. The molecule has 0 bridgehead atoms. The number of hydrogen-bond donors (Lipinski definition) is 1. The lowest BCUT2D eigenvalue weighted by molar-refractivity contribution is 0.0939. The molecule has 35 heavy (non-hydrogen) atoms. The maximum atomic E-state index is 12.8. The SMILES string of the molecule is Cc1cc(C)cc(N(Cc2ccc(C(=O)N[C@@H](C)c3ccc4c(c3)OCCO4)cc2)S(C)(=O)=O)c1. The molecule has 1 atom stereocenters. The highest BCUT2D eigenvalue weighted by Gasteiger charge is 2.20. The minimum absolute atomic E-state index is 0.178. The molecular weight excluding hydrogens is 464 g/mol. The molecule has 184 valence electrons. The lowest BCUT2D eigenvalue weighted by Crippen LogP contribution is -2.29. The second kappa shape index (κ2) is 10.00. The number of amides is 1. The van der Waals surface area contributed by atoms with Gasteiger partial charge < -0.3 is 14.8 Å². The van der Waals surface area contributed by atoms with E-state index in [4.69, 9.17) is 9.47 Å². The summed E-state index contributed by atoms with van der Waals surface area (Å²) >= 11 is 0. The number of fused-ring (bicyclic) bond motifs is 1. The minimum atomic E-state index is -3.49. The molecule has 0 aromatic heterocycles. The van der Waals surface area contributed by atoms with Crippen LogP contribution in [0.5, 0.6) is 11.5 Å². The standard InChI is InChI=1S/C27H30N2O5S/c1-18-13-19(2)15-24(14-18)29(35(4,31)32)17-21-5-7-22(8-6-21)27(30)28-20(3)23-9-10-25-26(16-23)34-12-11-33-25/h5-10,13-16,20H,11-12,17H2,1-4H3,(H,28,30)/t20-/m0/s1. The van der Waals surface area contributed by atoms with E-state index in [1.165, 1.54) is 10.6 Å². The lowest BCUT2D eigenvalue weighted by Gasteiger charge is -2.23. The zero-order valence-electron chi connectivity index (χ0n) is 20.4. The molecule has 1 N–H and O–H groups in total. The summed E-state index contributed by atoms with van der Waals surface area (Å²) in [5.41, 5.74) is 4.80. The van der Waals surface area contributed by atoms with Crippen molar-refractivity contribution in [2.24, 2.45) is 0 Å². The van der Waals surface area contributed by atoms with Crippen LogP contribution in [0.4, 0.5) is 5.69 Å². The molecule has 0 unspecified atom stereocenters. The zero-order chi connectivity index (χ0) is 25.2. The second-order valence-electron chi connectivity index (χ2n) is 8.91. The van der Waals surface area contributed by atoms with Crippen LogP contribution < -0.4 is 19.1 Å². The van der Waals surface area contributed by atoms with Crippen molar-refractivity contribution in [1.82, 2.24) is 5.32 Å². The molecule has 0 spiro atoms. The van der Waals surface area contributed by atoms with Crippen LogP contribution in [0, 0.1) is 13.8 Å². The molecule has 3 aromatic rings. The summed E-state index contributed by atoms with van der Waals surface area (Å²) in [5.74, 6) is 1.17. The third kappa shape index (κ3) is 5.95. The first-order valence-electron chi connectivity index (χ1n) is 11.5. The molecular formula is C27H30N2O5S. The molecule has 0 fully saturated rings. The molecule has 3 aromatic carbocycles. The molecule has 1 aliphatic heterocycles. The number of hydrogen-bond acceptors (Lipinski definition) is 5. The van der Waals surface area contributed by atoms with E-state index in [-0.39, 0.29) is 18.5 Å². The van der Waals surface area contributed by atoms with Crippen molar-refractivity contribution in [1.29, 1.82) is 0 Å². The summed E-state index contributed by atoms with van der Waals surface area (Å²) in [4.78, 5) is 12.8. The van der Waals surface area contributed by atoms with Crippen molar-refractivity contribution in [2.75, 3.05) is 23.8 Å². The Kier molecular flexibility index (Phi) is 7.03. The Morgan fingerprint density at radius 3 is 2.20 bits per heavy atom. The van der Waals surface area contributed by atoms with Gasteiger partial charge in [0.1, 0.15) is 13.2 Å². The van der Waals surface area contributed by atoms with Crippen LogP contribution in [0.15, 0.2) is 60.7 Å². The zero-order valence-corrected chi connectivity index (χ0v) is 21.2. The highest BCUT2D eigenvalue weighted by atomic mass is 32.2. The monoisotopic (exact) mass is 494 g/mol. The normalized spacial score (nSPS) is 13.7. The first kappa shape index (κ1) is 24.6. The van der Waals surface area contributed by atoms with Crippen LogP contribution in [0.3, 0.4) is 0 Å². The quantitative estimate of drug-likeness (QED) is 0.522. The van der Waals surface area contributed by atoms with E-state index in [1.807, 2.05) is 57.2 Å². The smallest absolute Gasteiger partial charge is 0.251 e. The predicted octanol–water partition coefficient (Wildman–Crippen LogP) is 4.53. The van der Waals surface area contributed by atoms with Gasteiger partial charge in [-0.3, -0.25) is 9.10 Å². The Hall–Kier alpha value is -3.52. The molecule has 4 rings (SSSR count). The van der Waals surface area contributed by atoms with Gasteiger partial charge in [0.25, 0.3) is 5.91 Å². The van der Waals surface area contributed by atoms with Crippen LogP contribution in [0.1, 0.15) is 45.6 Å². The Morgan fingerprint density at radius 1 is 0.943 bits per heavy atom. The van der Waals surface area contributed by atoms with E-state index in [9.17, 15) is 13.2 Å². The summed E-state index contributed by atoms with van der Waals surface area (Å²) in [6, 6.07) is 18.1. The van der Waals surface area contributed by atoms with E-state index in [0.29, 0.717) is 36.0 Å². The van der Waals surface area contributed by atoms with E-state index >= 15 is 0 Å². The van der Waals surface area contributed by atoms with Crippen LogP contribution in [0.25, 0.3) is 0 Å². The van der Waals surface area contributed by atoms with E-state index in [2.05, 4.69) is 5.32 Å². The second-order valence-corrected chi connectivity index (χ2v) is 10.8. The van der Waals surface area contributed by atoms with Crippen molar-refractivity contribution in [3.05, 3.63) is 88.5 Å². The molecule has 1 amide bonds. The largest absolute Gasteiger partial charge is 0.486 e. The number of nitrogens with one attached hydrogen (secondary N) is 1. The van der Waals surface area contributed by atoms with E-state index in [0.717, 1.165) is 22.3 Å². The van der Waals surface area contributed by atoms with Gasteiger partial charge in [-0.2, -0.15) is 0 Å². The Balaban J connectivity index is 1.46. The van der Waals surface area contributed by atoms with Crippen molar-refractivity contribution in [3.63, 3.8) is 0 Å². The summed E-state index contributed by atoms with van der Waals surface area (Å²) in [5, 5.41) is 3.00. The molecule has 0 aliphatic carbocycles. The lowest BCUT2D eigenvalue weighted by atomic mass is 10.1. The van der Waals surface area contributed by atoms with Gasteiger partial charge in [-0.1, -0.05) is 24.3 Å². The van der Waals surface area contributed by atoms with Crippen molar-refractivity contribution in [3.8, 4) is 11.5 Å². The topological polar surface area (TPSA) is 84.9 Å². The number of carbonyl (C=O) groups is 1. The molecule has 8 heteroatoms. The fraction of sp³-hybridized carbons (Fsp3) is 0.296. The number of sulfonamides is 1. The van der Waals surface area contributed by atoms with Crippen molar-refractivity contribution < 1.29 is 22.7 Å². The number of benzene rings is 3. The van der Waals surface area contributed by atoms with Crippen LogP contribution >= 0.6 is 0 Å². The van der Waals surface area contributed by atoms with Crippen molar-refractivity contribution >= 4 is 21.6 Å². The number of anilines is 1. The predicted molar refractivity (Wildman–Crippen MR) is 137 cm³/mol.